The van der Waals surface area contributed by atoms with Gasteiger partial charge in [-0.2, -0.15) is 0 Å². The lowest BCUT2D eigenvalue weighted by molar-refractivity contribution is 0.0849. The van der Waals surface area contributed by atoms with Crippen molar-refractivity contribution in [2.24, 2.45) is 0 Å². The lowest BCUT2D eigenvalue weighted by atomic mass is 10.1. The van der Waals surface area contributed by atoms with Crippen LogP contribution in [0.25, 0.3) is 0 Å². The molecule has 0 saturated carbocycles. The normalized spacial score (nSPS) is 19.0. The molecule has 1 aliphatic rings. The standard InChI is InChI=1S/C18H17F2NO3/c1-2-24-14-8-7-12(19)15(16(14)20)18(23)21-17-11-6-4-3-5-10(11)9-13(17)22/h3-8,13,17,22H,2,9H2,1H3,(H,21,23)/t13-,17+/m1/s1. The third kappa shape index (κ3) is 2.85. The van der Waals surface area contributed by atoms with E-state index in [1.54, 1.807) is 19.1 Å². The number of hydrogen-bond donors (Lipinski definition) is 2. The number of carbonyl (C=O) groups excluding carboxylic acids is 1. The molecular weight excluding hydrogens is 316 g/mol. The molecule has 1 amide bonds. The third-order valence-corrected chi connectivity index (χ3v) is 4.07. The van der Waals surface area contributed by atoms with E-state index in [4.69, 9.17) is 4.74 Å². The molecule has 0 radical (unpaired) electrons. The van der Waals surface area contributed by atoms with Gasteiger partial charge in [0.05, 0.1) is 18.8 Å². The number of aliphatic hydroxyl groups is 1. The number of nitrogens with one attached hydrogen (secondary N) is 1. The number of halogens is 2. The van der Waals surface area contributed by atoms with Gasteiger partial charge >= 0.3 is 0 Å². The van der Waals surface area contributed by atoms with Crippen molar-refractivity contribution >= 4 is 5.91 Å². The highest BCUT2D eigenvalue weighted by atomic mass is 19.1. The van der Waals surface area contributed by atoms with Gasteiger partial charge in [0.2, 0.25) is 0 Å². The zero-order chi connectivity index (χ0) is 17.3. The number of benzene rings is 2. The zero-order valence-electron chi connectivity index (χ0n) is 13.1. The fourth-order valence-electron chi connectivity index (χ4n) is 2.97. The van der Waals surface area contributed by atoms with E-state index in [1.165, 1.54) is 0 Å². The molecule has 24 heavy (non-hydrogen) atoms. The van der Waals surface area contributed by atoms with Crippen molar-refractivity contribution in [2.45, 2.75) is 25.5 Å². The smallest absolute Gasteiger partial charge is 0.257 e. The van der Waals surface area contributed by atoms with Crippen LogP contribution in [0.3, 0.4) is 0 Å². The largest absolute Gasteiger partial charge is 0.491 e. The van der Waals surface area contributed by atoms with E-state index in [9.17, 15) is 18.7 Å². The minimum absolute atomic E-state index is 0.184. The summed E-state index contributed by atoms with van der Waals surface area (Å²) in [5.41, 5.74) is 0.942. The molecule has 4 nitrogen and oxygen atoms in total. The van der Waals surface area contributed by atoms with E-state index in [0.29, 0.717) is 6.42 Å². The minimum Gasteiger partial charge on any atom is -0.491 e. The highest BCUT2D eigenvalue weighted by molar-refractivity contribution is 5.95. The van der Waals surface area contributed by atoms with E-state index in [2.05, 4.69) is 5.32 Å². The van der Waals surface area contributed by atoms with E-state index >= 15 is 0 Å². The molecule has 3 rings (SSSR count). The van der Waals surface area contributed by atoms with E-state index in [0.717, 1.165) is 23.3 Å². The quantitative estimate of drug-likeness (QED) is 0.904. The van der Waals surface area contributed by atoms with Crippen LogP contribution >= 0.6 is 0 Å². The summed E-state index contributed by atoms with van der Waals surface area (Å²) >= 11 is 0. The second-order valence-corrected chi connectivity index (χ2v) is 5.59. The van der Waals surface area contributed by atoms with Crippen molar-refractivity contribution < 1.29 is 23.4 Å². The Kier molecular flexibility index (Phi) is 4.49. The monoisotopic (exact) mass is 333 g/mol. The van der Waals surface area contributed by atoms with Crippen molar-refractivity contribution in [1.82, 2.24) is 5.32 Å². The Morgan fingerprint density at radius 3 is 2.79 bits per heavy atom. The summed E-state index contributed by atoms with van der Waals surface area (Å²) in [7, 11) is 0. The number of rotatable bonds is 4. The van der Waals surface area contributed by atoms with Crippen LogP contribution in [0.5, 0.6) is 5.75 Å². The van der Waals surface area contributed by atoms with E-state index in [-0.39, 0.29) is 12.4 Å². The summed E-state index contributed by atoms with van der Waals surface area (Å²) in [5, 5.41) is 12.7. The molecule has 0 unspecified atom stereocenters. The minimum atomic E-state index is -1.05. The van der Waals surface area contributed by atoms with Crippen LogP contribution in [-0.4, -0.2) is 23.7 Å². The summed E-state index contributed by atoms with van der Waals surface area (Å²) in [5.74, 6) is -3.13. The molecule has 2 aromatic rings. The van der Waals surface area contributed by atoms with E-state index in [1.807, 2.05) is 12.1 Å². The van der Waals surface area contributed by atoms with Gasteiger partial charge in [-0.15, -0.1) is 0 Å². The first-order valence-corrected chi connectivity index (χ1v) is 7.70. The predicted molar refractivity (Wildman–Crippen MR) is 83.9 cm³/mol. The van der Waals surface area contributed by atoms with Crippen LogP contribution < -0.4 is 10.1 Å². The van der Waals surface area contributed by atoms with Gasteiger partial charge < -0.3 is 15.2 Å². The van der Waals surface area contributed by atoms with Gasteiger partial charge in [-0.3, -0.25) is 4.79 Å². The average molecular weight is 333 g/mol. The third-order valence-electron chi connectivity index (χ3n) is 4.07. The Labute approximate surface area is 138 Å². The average Bonchev–Trinajstić information content (AvgIpc) is 2.86. The molecule has 0 aliphatic heterocycles. The lowest BCUT2D eigenvalue weighted by Crippen LogP contribution is -2.35. The van der Waals surface area contributed by atoms with Crippen LogP contribution in [0.15, 0.2) is 36.4 Å². The Balaban J connectivity index is 1.90. The van der Waals surface area contributed by atoms with Gasteiger partial charge in [0.15, 0.2) is 11.6 Å². The SMILES string of the molecule is CCOc1ccc(F)c(C(=O)N[C@H]2c3ccccc3C[C@H]2O)c1F. The fourth-order valence-corrected chi connectivity index (χ4v) is 2.97. The van der Waals surface area contributed by atoms with E-state index < -0.39 is 35.3 Å². The van der Waals surface area contributed by atoms with Gasteiger partial charge in [0.25, 0.3) is 5.91 Å². The van der Waals surface area contributed by atoms with Crippen LogP contribution in [0.2, 0.25) is 0 Å². The van der Waals surface area contributed by atoms with Crippen molar-refractivity contribution in [3.05, 3.63) is 64.7 Å². The van der Waals surface area contributed by atoms with Crippen LogP contribution in [0, 0.1) is 11.6 Å². The lowest BCUT2D eigenvalue weighted by Gasteiger charge is -2.19. The number of hydrogen-bond acceptors (Lipinski definition) is 3. The first-order valence-electron chi connectivity index (χ1n) is 7.70. The van der Waals surface area contributed by atoms with Crippen molar-refractivity contribution in [3.63, 3.8) is 0 Å². The molecule has 0 heterocycles. The first-order chi connectivity index (χ1) is 11.5. The molecular formula is C18H17F2NO3. The van der Waals surface area contributed by atoms with Gasteiger partial charge in [-0.1, -0.05) is 24.3 Å². The molecule has 0 bridgehead atoms. The second kappa shape index (κ2) is 6.57. The molecule has 2 aromatic carbocycles. The van der Waals surface area contributed by atoms with Crippen molar-refractivity contribution in [2.75, 3.05) is 6.61 Å². The van der Waals surface area contributed by atoms with Crippen LogP contribution in [-0.2, 0) is 6.42 Å². The maximum Gasteiger partial charge on any atom is 0.257 e. The molecule has 0 saturated heterocycles. The van der Waals surface area contributed by atoms with Crippen molar-refractivity contribution in [3.8, 4) is 5.75 Å². The molecule has 0 aromatic heterocycles. The highest BCUT2D eigenvalue weighted by Gasteiger charge is 2.33. The zero-order valence-corrected chi connectivity index (χ0v) is 13.1. The second-order valence-electron chi connectivity index (χ2n) is 5.59. The topological polar surface area (TPSA) is 58.6 Å². The molecule has 0 spiro atoms. The summed E-state index contributed by atoms with van der Waals surface area (Å²) in [6.45, 7) is 1.85. The number of aliphatic hydroxyl groups excluding tert-OH is 1. The molecule has 2 atom stereocenters. The Morgan fingerprint density at radius 1 is 1.29 bits per heavy atom. The fraction of sp³-hybridized carbons (Fsp3) is 0.278. The number of ether oxygens (including phenoxy) is 1. The van der Waals surface area contributed by atoms with Gasteiger partial charge in [-0.05, 0) is 30.2 Å². The molecule has 6 heteroatoms. The summed E-state index contributed by atoms with van der Waals surface area (Å²) < 4.78 is 33.4. The number of fused-ring (bicyclic) bond motifs is 1. The maximum atomic E-state index is 14.3. The Bertz CT molecular complexity index is 779. The summed E-state index contributed by atoms with van der Waals surface area (Å²) in [6.07, 6.45) is -0.460. The predicted octanol–water partition coefficient (Wildman–Crippen LogP) is 2.75. The molecule has 1 aliphatic carbocycles. The molecule has 2 N–H and O–H groups in total. The number of amides is 1. The van der Waals surface area contributed by atoms with Crippen LogP contribution in [0.4, 0.5) is 8.78 Å². The summed E-state index contributed by atoms with van der Waals surface area (Å²) in [6, 6.07) is 8.67. The summed E-state index contributed by atoms with van der Waals surface area (Å²) in [4.78, 5) is 12.4. The Morgan fingerprint density at radius 2 is 2.04 bits per heavy atom. The highest BCUT2D eigenvalue weighted by Crippen LogP contribution is 2.32. The first kappa shape index (κ1) is 16.4. The van der Waals surface area contributed by atoms with Crippen molar-refractivity contribution in [1.29, 1.82) is 0 Å². The maximum absolute atomic E-state index is 14.3. The molecule has 0 fully saturated rings. The molecule has 126 valence electrons. The van der Waals surface area contributed by atoms with Crippen LogP contribution in [0.1, 0.15) is 34.5 Å². The number of carbonyl (C=O) groups is 1. The van der Waals surface area contributed by atoms with Gasteiger partial charge in [0, 0.05) is 6.42 Å². The van der Waals surface area contributed by atoms with Gasteiger partial charge in [0.1, 0.15) is 11.4 Å². The van der Waals surface area contributed by atoms with Gasteiger partial charge in [-0.25, -0.2) is 8.78 Å². The Hall–Kier alpha value is -2.47.